The van der Waals surface area contributed by atoms with Gasteiger partial charge < -0.3 is 14.5 Å². The molecule has 6 heteroatoms. The molecular weight excluding hydrogens is 376 g/mol. The third kappa shape index (κ3) is 5.62. The first-order valence-electron chi connectivity index (χ1n) is 9.03. The topological polar surface area (TPSA) is 54.6 Å². The van der Waals surface area contributed by atoms with Crippen LogP contribution in [-0.4, -0.2) is 36.3 Å². The molecule has 0 aliphatic heterocycles. The van der Waals surface area contributed by atoms with Gasteiger partial charge in [0.25, 0.3) is 0 Å². The first kappa shape index (κ1) is 20.0. The van der Waals surface area contributed by atoms with Crippen molar-refractivity contribution in [1.82, 2.24) is 9.88 Å². The maximum Gasteiger partial charge on any atom is 0.508 e. The number of carbonyl (C=O) groups excluding carboxylic acids is 1. The van der Waals surface area contributed by atoms with E-state index in [2.05, 4.69) is 26.8 Å². The number of fused-ring (bicyclic) bond motifs is 1. The van der Waals surface area contributed by atoms with Crippen LogP contribution in [0.1, 0.15) is 11.1 Å². The molecule has 5 nitrogen and oxygen atoms in total. The second-order valence-electron chi connectivity index (χ2n) is 6.40. The maximum atomic E-state index is 11.0. The number of aromatic amines is 1. The van der Waals surface area contributed by atoms with E-state index in [0.717, 1.165) is 30.2 Å². The first-order valence-corrected chi connectivity index (χ1v) is 9.41. The number of H-pyrrole nitrogens is 1. The second kappa shape index (κ2) is 9.97. The highest BCUT2D eigenvalue weighted by molar-refractivity contribution is 6.31. The van der Waals surface area contributed by atoms with Crippen LogP contribution in [0.25, 0.3) is 10.9 Å². The van der Waals surface area contributed by atoms with E-state index < -0.39 is 6.16 Å². The number of aromatic nitrogens is 1. The minimum Gasteiger partial charge on any atom is -0.438 e. The average molecular weight is 399 g/mol. The molecule has 0 unspecified atom stereocenters. The van der Waals surface area contributed by atoms with Crippen LogP contribution in [0.15, 0.2) is 66.9 Å². The SMILES string of the molecule is COC(=O)OC/C=C/CN(Cc1ccccc1)Cc1c[nH]c2cc(Cl)ccc12. The van der Waals surface area contributed by atoms with Gasteiger partial charge in [0.15, 0.2) is 0 Å². The largest absolute Gasteiger partial charge is 0.508 e. The van der Waals surface area contributed by atoms with Gasteiger partial charge in [-0.15, -0.1) is 0 Å². The molecule has 1 heterocycles. The predicted molar refractivity (Wildman–Crippen MR) is 111 cm³/mol. The maximum absolute atomic E-state index is 11.0. The summed E-state index contributed by atoms with van der Waals surface area (Å²) >= 11 is 6.09. The van der Waals surface area contributed by atoms with Crippen molar-refractivity contribution in [2.75, 3.05) is 20.3 Å². The Kier molecular flexibility index (Phi) is 7.12. The van der Waals surface area contributed by atoms with Gasteiger partial charge in [-0.2, -0.15) is 0 Å². The molecule has 0 aliphatic carbocycles. The molecule has 2 aromatic carbocycles. The van der Waals surface area contributed by atoms with E-state index >= 15 is 0 Å². The van der Waals surface area contributed by atoms with Crippen molar-refractivity contribution in [3.63, 3.8) is 0 Å². The zero-order chi connectivity index (χ0) is 19.8. The summed E-state index contributed by atoms with van der Waals surface area (Å²) in [5, 5.41) is 1.89. The number of ether oxygens (including phenoxy) is 2. The fourth-order valence-corrected chi connectivity index (χ4v) is 3.20. The second-order valence-corrected chi connectivity index (χ2v) is 6.83. The van der Waals surface area contributed by atoms with Crippen LogP contribution < -0.4 is 0 Å². The molecule has 0 spiro atoms. The highest BCUT2D eigenvalue weighted by atomic mass is 35.5. The monoisotopic (exact) mass is 398 g/mol. The Morgan fingerprint density at radius 3 is 2.75 bits per heavy atom. The molecule has 0 atom stereocenters. The Morgan fingerprint density at radius 1 is 1.14 bits per heavy atom. The van der Waals surface area contributed by atoms with Crippen molar-refractivity contribution in [2.45, 2.75) is 13.1 Å². The molecule has 146 valence electrons. The van der Waals surface area contributed by atoms with Crippen molar-refractivity contribution in [3.8, 4) is 0 Å². The Hall–Kier alpha value is -2.76. The minimum atomic E-state index is -0.678. The normalized spacial score (nSPS) is 11.4. The van der Waals surface area contributed by atoms with Crippen molar-refractivity contribution >= 4 is 28.7 Å². The molecular formula is C22H23ClN2O3. The van der Waals surface area contributed by atoms with Crippen molar-refractivity contribution in [2.24, 2.45) is 0 Å². The van der Waals surface area contributed by atoms with Gasteiger partial charge in [-0.25, -0.2) is 4.79 Å². The molecule has 0 radical (unpaired) electrons. The third-order valence-corrected chi connectivity index (χ3v) is 4.60. The summed E-state index contributed by atoms with van der Waals surface area (Å²) in [7, 11) is 1.29. The number of carbonyl (C=O) groups is 1. The lowest BCUT2D eigenvalue weighted by molar-refractivity contribution is 0.0817. The zero-order valence-electron chi connectivity index (χ0n) is 15.7. The number of halogens is 1. The lowest BCUT2D eigenvalue weighted by atomic mass is 10.1. The molecule has 0 aliphatic rings. The molecule has 3 aromatic rings. The summed E-state index contributed by atoms with van der Waals surface area (Å²) in [6.45, 7) is 2.50. The number of rotatable bonds is 8. The lowest BCUT2D eigenvalue weighted by Crippen LogP contribution is -2.23. The Morgan fingerprint density at radius 2 is 1.96 bits per heavy atom. The Bertz CT molecular complexity index is 937. The van der Waals surface area contributed by atoms with Gasteiger partial charge in [-0.1, -0.05) is 54.1 Å². The number of nitrogens with zero attached hydrogens (tertiary/aromatic N) is 1. The average Bonchev–Trinajstić information content (AvgIpc) is 3.09. The zero-order valence-corrected chi connectivity index (χ0v) is 16.5. The number of methoxy groups -OCH3 is 1. The molecule has 0 saturated heterocycles. The quantitative estimate of drug-likeness (QED) is 0.420. The van der Waals surface area contributed by atoms with Crippen LogP contribution in [-0.2, 0) is 22.6 Å². The van der Waals surface area contributed by atoms with Crippen LogP contribution >= 0.6 is 11.6 Å². The fourth-order valence-electron chi connectivity index (χ4n) is 3.02. The Balaban J connectivity index is 1.69. The van der Waals surface area contributed by atoms with Crippen LogP contribution in [0.5, 0.6) is 0 Å². The van der Waals surface area contributed by atoms with Gasteiger partial charge in [-0.05, 0) is 29.3 Å². The summed E-state index contributed by atoms with van der Waals surface area (Å²) in [5.74, 6) is 0. The third-order valence-electron chi connectivity index (χ3n) is 4.37. The highest BCUT2D eigenvalue weighted by Crippen LogP contribution is 2.23. The predicted octanol–water partition coefficient (Wildman–Crippen LogP) is 5.16. The minimum absolute atomic E-state index is 0.192. The van der Waals surface area contributed by atoms with Gasteiger partial charge in [0.1, 0.15) is 6.61 Å². The first-order chi connectivity index (χ1) is 13.7. The van der Waals surface area contributed by atoms with Crippen LogP contribution in [0, 0.1) is 0 Å². The summed E-state index contributed by atoms with van der Waals surface area (Å²) in [6.07, 6.45) is 5.17. The van der Waals surface area contributed by atoms with E-state index in [1.165, 1.54) is 23.6 Å². The summed E-state index contributed by atoms with van der Waals surface area (Å²) in [5.41, 5.74) is 3.48. The van der Waals surface area contributed by atoms with E-state index in [0.29, 0.717) is 0 Å². The number of nitrogens with one attached hydrogen (secondary N) is 1. The van der Waals surface area contributed by atoms with E-state index in [4.69, 9.17) is 16.3 Å². The Labute approximate surface area is 169 Å². The van der Waals surface area contributed by atoms with Crippen molar-refractivity contribution in [1.29, 1.82) is 0 Å². The van der Waals surface area contributed by atoms with Crippen LogP contribution in [0.2, 0.25) is 5.02 Å². The summed E-state index contributed by atoms with van der Waals surface area (Å²) in [4.78, 5) is 16.6. The molecule has 0 fully saturated rings. The van der Waals surface area contributed by atoms with Crippen LogP contribution in [0.3, 0.4) is 0 Å². The van der Waals surface area contributed by atoms with E-state index in [-0.39, 0.29) is 6.61 Å². The van der Waals surface area contributed by atoms with Gasteiger partial charge in [0.2, 0.25) is 0 Å². The molecule has 1 N–H and O–H groups in total. The number of hydrogen-bond acceptors (Lipinski definition) is 4. The molecule has 1 aromatic heterocycles. The van der Waals surface area contributed by atoms with Gasteiger partial charge in [0.05, 0.1) is 7.11 Å². The molecule has 0 amide bonds. The molecule has 28 heavy (non-hydrogen) atoms. The fraction of sp³-hybridized carbons (Fsp3) is 0.227. The summed E-state index contributed by atoms with van der Waals surface area (Å²) < 4.78 is 9.34. The smallest absolute Gasteiger partial charge is 0.438 e. The number of benzene rings is 2. The molecule has 3 rings (SSSR count). The van der Waals surface area contributed by atoms with Crippen molar-refractivity contribution in [3.05, 3.63) is 83.0 Å². The highest BCUT2D eigenvalue weighted by Gasteiger charge is 2.10. The van der Waals surface area contributed by atoms with Crippen LogP contribution in [0.4, 0.5) is 4.79 Å². The van der Waals surface area contributed by atoms with E-state index in [1.54, 1.807) is 0 Å². The summed E-state index contributed by atoms with van der Waals surface area (Å²) in [6, 6.07) is 16.2. The van der Waals surface area contributed by atoms with Gasteiger partial charge >= 0.3 is 6.16 Å². The van der Waals surface area contributed by atoms with Gasteiger partial charge in [0, 0.05) is 41.8 Å². The van der Waals surface area contributed by atoms with Crippen molar-refractivity contribution < 1.29 is 14.3 Å². The van der Waals surface area contributed by atoms with Gasteiger partial charge in [-0.3, -0.25) is 4.90 Å². The lowest BCUT2D eigenvalue weighted by Gasteiger charge is -2.20. The molecule has 0 bridgehead atoms. The standard InChI is InChI=1S/C22H23ClN2O3/c1-27-22(26)28-12-6-5-11-25(15-17-7-3-2-4-8-17)16-18-14-24-21-13-19(23)9-10-20(18)21/h2-10,13-14,24H,11-12,15-16H2,1H3/b6-5+. The molecule has 0 saturated carbocycles. The van der Waals surface area contributed by atoms with E-state index in [1.807, 2.05) is 54.7 Å². The number of hydrogen-bond donors (Lipinski definition) is 1. The van der Waals surface area contributed by atoms with E-state index in [9.17, 15) is 4.79 Å².